The highest BCUT2D eigenvalue weighted by atomic mass is 16.6. The molecule has 1 unspecified atom stereocenters. The van der Waals surface area contributed by atoms with Gasteiger partial charge in [-0.15, -0.1) is 0 Å². The molecule has 0 aliphatic heterocycles. The van der Waals surface area contributed by atoms with E-state index in [0.29, 0.717) is 5.76 Å². The van der Waals surface area contributed by atoms with Crippen LogP contribution in [0.5, 0.6) is 0 Å². The molecule has 1 aliphatic carbocycles. The number of nitrogens with zero attached hydrogens (tertiary/aromatic N) is 1. The van der Waals surface area contributed by atoms with Crippen LogP contribution in [-0.2, 0) is 11.3 Å². The van der Waals surface area contributed by atoms with E-state index in [-0.39, 0.29) is 18.3 Å². The topological polar surface area (TPSA) is 106 Å². The third kappa shape index (κ3) is 2.82. The van der Waals surface area contributed by atoms with Crippen molar-refractivity contribution in [3.63, 3.8) is 0 Å². The van der Waals surface area contributed by atoms with Crippen LogP contribution in [-0.4, -0.2) is 22.0 Å². The average Bonchev–Trinajstić information content (AvgIpc) is 2.95. The van der Waals surface area contributed by atoms with Gasteiger partial charge in [-0.05, 0) is 24.8 Å². The van der Waals surface area contributed by atoms with Gasteiger partial charge in [0.2, 0.25) is 0 Å². The molecular formula is C10H12N2O5. The van der Waals surface area contributed by atoms with Crippen molar-refractivity contribution in [3.8, 4) is 0 Å². The lowest BCUT2D eigenvalue weighted by Crippen LogP contribution is -2.37. The monoisotopic (exact) mass is 240 g/mol. The highest BCUT2D eigenvalue weighted by Gasteiger charge is 2.35. The summed E-state index contributed by atoms with van der Waals surface area (Å²) in [6.45, 7) is 0.182. The first-order chi connectivity index (χ1) is 8.08. The first kappa shape index (κ1) is 11.6. The molecule has 0 amide bonds. The summed E-state index contributed by atoms with van der Waals surface area (Å²) in [4.78, 5) is 20.7. The molecule has 0 radical (unpaired) electrons. The summed E-state index contributed by atoms with van der Waals surface area (Å²) >= 11 is 0. The van der Waals surface area contributed by atoms with E-state index in [1.165, 1.54) is 12.1 Å². The Labute approximate surface area is 96.6 Å². The lowest BCUT2D eigenvalue weighted by Gasteiger charge is -2.11. The lowest BCUT2D eigenvalue weighted by atomic mass is 10.2. The zero-order chi connectivity index (χ0) is 12.4. The second kappa shape index (κ2) is 4.54. The smallest absolute Gasteiger partial charge is 0.433 e. The van der Waals surface area contributed by atoms with Gasteiger partial charge in [0, 0.05) is 0 Å². The van der Waals surface area contributed by atoms with Gasteiger partial charge in [-0.3, -0.25) is 20.2 Å². The van der Waals surface area contributed by atoms with Crippen LogP contribution in [0.15, 0.2) is 16.5 Å². The minimum Gasteiger partial charge on any atom is -0.480 e. The van der Waals surface area contributed by atoms with E-state index in [1.807, 2.05) is 0 Å². The number of carboxylic acids is 1. The molecule has 0 saturated heterocycles. The lowest BCUT2D eigenvalue weighted by molar-refractivity contribution is -0.402. The molecule has 92 valence electrons. The van der Waals surface area contributed by atoms with Gasteiger partial charge in [0.25, 0.3) is 0 Å². The molecule has 1 fully saturated rings. The highest BCUT2D eigenvalue weighted by Crippen LogP contribution is 2.33. The standard InChI is InChI=1S/C10H12N2O5/c13-10(14)9(6-1-2-6)11-5-7-3-4-8(17-7)12(15)16/h3-4,6,9,11H,1-2,5H2,(H,13,14). The zero-order valence-electron chi connectivity index (χ0n) is 8.96. The summed E-state index contributed by atoms with van der Waals surface area (Å²) in [5.41, 5.74) is 0. The van der Waals surface area contributed by atoms with E-state index in [1.54, 1.807) is 0 Å². The van der Waals surface area contributed by atoms with Crippen LogP contribution in [0, 0.1) is 16.0 Å². The van der Waals surface area contributed by atoms with Crippen LogP contribution in [0.1, 0.15) is 18.6 Å². The Hall–Kier alpha value is -1.89. The minimum absolute atomic E-state index is 0.164. The van der Waals surface area contributed by atoms with Crippen LogP contribution >= 0.6 is 0 Å². The van der Waals surface area contributed by atoms with Crippen molar-refractivity contribution >= 4 is 11.9 Å². The Morgan fingerprint density at radius 2 is 2.35 bits per heavy atom. The van der Waals surface area contributed by atoms with Crippen LogP contribution in [0.4, 0.5) is 5.88 Å². The summed E-state index contributed by atoms with van der Waals surface area (Å²) < 4.78 is 4.92. The highest BCUT2D eigenvalue weighted by molar-refractivity contribution is 5.74. The van der Waals surface area contributed by atoms with E-state index >= 15 is 0 Å². The summed E-state index contributed by atoms with van der Waals surface area (Å²) in [7, 11) is 0. The normalized spacial score (nSPS) is 16.7. The van der Waals surface area contributed by atoms with E-state index in [2.05, 4.69) is 5.32 Å². The van der Waals surface area contributed by atoms with E-state index in [9.17, 15) is 14.9 Å². The van der Waals surface area contributed by atoms with Crippen molar-refractivity contribution < 1.29 is 19.2 Å². The van der Waals surface area contributed by atoms with Crippen molar-refractivity contribution in [2.24, 2.45) is 5.92 Å². The maximum atomic E-state index is 10.9. The first-order valence-electron chi connectivity index (χ1n) is 5.27. The Morgan fingerprint density at radius 1 is 1.65 bits per heavy atom. The zero-order valence-corrected chi connectivity index (χ0v) is 8.96. The number of hydrogen-bond acceptors (Lipinski definition) is 5. The Kier molecular flexibility index (Phi) is 3.10. The van der Waals surface area contributed by atoms with E-state index in [0.717, 1.165) is 12.8 Å². The predicted octanol–water partition coefficient (Wildman–Crippen LogP) is 1.14. The van der Waals surface area contributed by atoms with Gasteiger partial charge < -0.3 is 9.52 Å². The van der Waals surface area contributed by atoms with Crippen molar-refractivity contribution in [1.82, 2.24) is 5.32 Å². The van der Waals surface area contributed by atoms with Crippen LogP contribution in [0.2, 0.25) is 0 Å². The van der Waals surface area contributed by atoms with Crippen molar-refractivity contribution in [3.05, 3.63) is 28.0 Å². The fraction of sp³-hybridized carbons (Fsp3) is 0.500. The Balaban J connectivity index is 1.91. The van der Waals surface area contributed by atoms with Crippen LogP contribution < -0.4 is 5.32 Å². The summed E-state index contributed by atoms with van der Waals surface area (Å²) in [6.07, 6.45) is 1.81. The fourth-order valence-electron chi connectivity index (χ4n) is 1.66. The van der Waals surface area contributed by atoms with Crippen molar-refractivity contribution in [1.29, 1.82) is 0 Å². The molecule has 7 nitrogen and oxygen atoms in total. The molecule has 1 saturated carbocycles. The first-order valence-corrected chi connectivity index (χ1v) is 5.27. The molecule has 1 atom stereocenters. The second-order valence-corrected chi connectivity index (χ2v) is 4.03. The average molecular weight is 240 g/mol. The van der Waals surface area contributed by atoms with Gasteiger partial charge in [0.15, 0.2) is 0 Å². The maximum Gasteiger partial charge on any atom is 0.433 e. The number of rotatable bonds is 6. The molecule has 0 spiro atoms. The number of aliphatic carboxylic acids is 1. The maximum absolute atomic E-state index is 10.9. The van der Waals surface area contributed by atoms with Gasteiger partial charge in [-0.25, -0.2) is 0 Å². The second-order valence-electron chi connectivity index (χ2n) is 4.03. The number of nitro groups is 1. The summed E-state index contributed by atoms with van der Waals surface area (Å²) in [5, 5.41) is 22.2. The predicted molar refractivity (Wildman–Crippen MR) is 56.3 cm³/mol. The minimum atomic E-state index is -0.895. The molecule has 1 aliphatic rings. The van der Waals surface area contributed by atoms with Crippen molar-refractivity contribution in [2.45, 2.75) is 25.4 Å². The molecule has 0 aromatic carbocycles. The molecule has 2 rings (SSSR count). The fourth-order valence-corrected chi connectivity index (χ4v) is 1.66. The molecule has 17 heavy (non-hydrogen) atoms. The number of hydrogen-bond donors (Lipinski definition) is 2. The molecule has 7 heteroatoms. The van der Waals surface area contributed by atoms with E-state index < -0.39 is 16.9 Å². The van der Waals surface area contributed by atoms with Crippen molar-refractivity contribution in [2.75, 3.05) is 0 Å². The number of nitrogens with one attached hydrogen (secondary N) is 1. The third-order valence-electron chi connectivity index (χ3n) is 2.68. The Bertz CT molecular complexity index is 438. The van der Waals surface area contributed by atoms with Gasteiger partial charge in [0.1, 0.15) is 16.7 Å². The van der Waals surface area contributed by atoms with Crippen LogP contribution in [0.3, 0.4) is 0 Å². The number of furan rings is 1. The van der Waals surface area contributed by atoms with Gasteiger partial charge in [-0.2, -0.15) is 0 Å². The molecule has 1 aromatic heterocycles. The largest absolute Gasteiger partial charge is 0.480 e. The number of carboxylic acid groups (broad SMARTS) is 1. The van der Waals surface area contributed by atoms with Gasteiger partial charge in [0.05, 0.1) is 12.6 Å². The SMILES string of the molecule is O=C(O)C(NCc1ccc([N+](=O)[O-])o1)C1CC1. The molecule has 2 N–H and O–H groups in total. The molecule has 1 heterocycles. The quantitative estimate of drug-likeness (QED) is 0.570. The molecule has 1 aromatic rings. The Morgan fingerprint density at radius 3 is 2.82 bits per heavy atom. The number of carbonyl (C=O) groups is 1. The van der Waals surface area contributed by atoms with Gasteiger partial charge in [-0.1, -0.05) is 0 Å². The molecule has 0 bridgehead atoms. The summed E-state index contributed by atoms with van der Waals surface area (Å²) in [6, 6.07) is 2.13. The van der Waals surface area contributed by atoms with Gasteiger partial charge >= 0.3 is 11.9 Å². The molecular weight excluding hydrogens is 228 g/mol. The third-order valence-corrected chi connectivity index (χ3v) is 2.68. The van der Waals surface area contributed by atoms with Crippen LogP contribution in [0.25, 0.3) is 0 Å². The summed E-state index contributed by atoms with van der Waals surface area (Å²) in [5.74, 6) is -0.699. The van der Waals surface area contributed by atoms with E-state index in [4.69, 9.17) is 9.52 Å².